The Labute approximate surface area is 168 Å². The van der Waals surface area contributed by atoms with Crippen molar-refractivity contribution in [2.75, 3.05) is 12.3 Å². The molecule has 8 nitrogen and oxygen atoms in total. The number of imidazole rings is 1. The Hall–Kier alpha value is -2.42. The molecule has 1 aliphatic rings. The summed E-state index contributed by atoms with van der Waals surface area (Å²) in [5.41, 5.74) is 2.13. The van der Waals surface area contributed by atoms with E-state index in [0.29, 0.717) is 24.1 Å². The van der Waals surface area contributed by atoms with Crippen molar-refractivity contribution in [2.45, 2.75) is 50.4 Å². The van der Waals surface area contributed by atoms with Crippen LogP contribution in [0.2, 0.25) is 0 Å². The molecule has 0 unspecified atom stereocenters. The molecule has 4 rings (SSSR count). The summed E-state index contributed by atoms with van der Waals surface area (Å²) in [4.78, 5) is 16.5. The molecule has 0 radical (unpaired) electrons. The number of para-hydroxylation sites is 2. The zero-order valence-corrected chi connectivity index (χ0v) is 16.6. The Morgan fingerprint density at radius 3 is 3.00 bits per heavy atom. The number of thioether (sulfide) groups is 1. The predicted octanol–water partition coefficient (Wildman–Crippen LogP) is 2.58. The minimum Gasteiger partial charge on any atom is -0.355 e. The molecule has 0 bridgehead atoms. The van der Waals surface area contributed by atoms with Crippen molar-refractivity contribution in [3.8, 4) is 0 Å². The first-order valence-electron chi connectivity index (χ1n) is 9.82. The van der Waals surface area contributed by atoms with Gasteiger partial charge < -0.3 is 9.88 Å². The maximum atomic E-state index is 12.1. The summed E-state index contributed by atoms with van der Waals surface area (Å²) in [6.45, 7) is 1.50. The van der Waals surface area contributed by atoms with Crippen LogP contribution in [0.25, 0.3) is 11.0 Å². The van der Waals surface area contributed by atoms with Crippen LogP contribution < -0.4 is 5.32 Å². The molecule has 2 heterocycles. The van der Waals surface area contributed by atoms with Crippen LogP contribution in [0.3, 0.4) is 0 Å². The molecule has 148 valence electrons. The second-order valence-corrected chi connectivity index (χ2v) is 8.09. The lowest BCUT2D eigenvalue weighted by Crippen LogP contribution is -2.27. The molecule has 1 amide bonds. The number of hydrogen-bond acceptors (Lipinski definition) is 6. The van der Waals surface area contributed by atoms with Crippen LogP contribution in [0, 0.1) is 0 Å². The Kier molecular flexibility index (Phi) is 6.20. The maximum Gasteiger partial charge on any atom is 0.230 e. The van der Waals surface area contributed by atoms with Crippen LogP contribution in [0.15, 0.2) is 30.6 Å². The van der Waals surface area contributed by atoms with Gasteiger partial charge >= 0.3 is 0 Å². The molecule has 1 fully saturated rings. The third-order valence-corrected chi connectivity index (χ3v) is 6.05. The quantitative estimate of drug-likeness (QED) is 0.556. The number of aryl methyl sites for hydroxylation is 1. The fourth-order valence-electron chi connectivity index (χ4n) is 3.69. The topological polar surface area (TPSA) is 90.5 Å². The Morgan fingerprint density at radius 1 is 1.25 bits per heavy atom. The molecule has 0 saturated heterocycles. The third kappa shape index (κ3) is 4.52. The minimum atomic E-state index is 0.0559. The number of benzene rings is 1. The van der Waals surface area contributed by atoms with Crippen molar-refractivity contribution < 1.29 is 4.79 Å². The highest BCUT2D eigenvalue weighted by atomic mass is 32.2. The number of nitrogens with one attached hydrogen (secondary N) is 1. The van der Waals surface area contributed by atoms with Crippen LogP contribution >= 0.6 is 11.8 Å². The van der Waals surface area contributed by atoms with Gasteiger partial charge in [0.15, 0.2) is 5.82 Å². The van der Waals surface area contributed by atoms with Gasteiger partial charge in [0, 0.05) is 13.1 Å². The average Bonchev–Trinajstić information content (AvgIpc) is 3.45. The van der Waals surface area contributed by atoms with Gasteiger partial charge in [-0.25, -0.2) is 9.67 Å². The van der Waals surface area contributed by atoms with Crippen LogP contribution in [0.4, 0.5) is 0 Å². The largest absolute Gasteiger partial charge is 0.355 e. The molecule has 0 aliphatic heterocycles. The van der Waals surface area contributed by atoms with E-state index < -0.39 is 0 Å². The fourth-order valence-corrected chi connectivity index (χ4v) is 4.45. The van der Waals surface area contributed by atoms with Gasteiger partial charge in [0.1, 0.15) is 0 Å². The van der Waals surface area contributed by atoms with Crippen molar-refractivity contribution in [3.05, 3.63) is 36.4 Å². The van der Waals surface area contributed by atoms with Crippen molar-refractivity contribution in [3.63, 3.8) is 0 Å². The number of hydrogen-bond donors (Lipinski definition) is 1. The summed E-state index contributed by atoms with van der Waals surface area (Å²) in [6.07, 6.45) is 7.51. The number of aromatic nitrogens is 6. The van der Waals surface area contributed by atoms with E-state index in [2.05, 4.69) is 36.5 Å². The molecule has 28 heavy (non-hydrogen) atoms. The van der Waals surface area contributed by atoms with E-state index in [-0.39, 0.29) is 5.91 Å². The smallest absolute Gasteiger partial charge is 0.230 e. The fraction of sp³-hybridized carbons (Fsp3) is 0.526. The first kappa shape index (κ1) is 18.9. The molecular weight excluding hydrogens is 374 g/mol. The molecule has 0 atom stereocenters. The van der Waals surface area contributed by atoms with Gasteiger partial charge in [0.2, 0.25) is 5.91 Å². The van der Waals surface area contributed by atoms with Crippen molar-refractivity contribution in [1.82, 2.24) is 35.1 Å². The van der Waals surface area contributed by atoms with Gasteiger partial charge in [-0.1, -0.05) is 25.0 Å². The molecule has 1 saturated carbocycles. The van der Waals surface area contributed by atoms with Gasteiger partial charge in [-0.05, 0) is 41.8 Å². The second-order valence-electron chi connectivity index (χ2n) is 7.10. The number of nitrogens with zero attached hydrogens (tertiary/aromatic N) is 6. The highest BCUT2D eigenvalue weighted by Gasteiger charge is 2.21. The van der Waals surface area contributed by atoms with Gasteiger partial charge in [-0.2, -0.15) is 0 Å². The Balaban J connectivity index is 1.15. The van der Waals surface area contributed by atoms with Crippen LogP contribution in [-0.4, -0.2) is 48.0 Å². The van der Waals surface area contributed by atoms with E-state index >= 15 is 0 Å². The number of tetrazole rings is 1. The van der Waals surface area contributed by atoms with E-state index in [9.17, 15) is 4.79 Å². The van der Waals surface area contributed by atoms with Crippen molar-refractivity contribution >= 4 is 28.7 Å². The number of rotatable bonds is 9. The van der Waals surface area contributed by atoms with E-state index in [1.807, 2.05) is 29.2 Å². The number of fused-ring (bicyclic) bond motifs is 1. The highest BCUT2D eigenvalue weighted by Crippen LogP contribution is 2.29. The number of carbonyl (C=O) groups excluding carboxylic acids is 1. The molecule has 3 aromatic rings. The molecule has 1 aromatic carbocycles. The summed E-state index contributed by atoms with van der Waals surface area (Å²) in [5.74, 6) is 2.01. The number of amides is 1. The summed E-state index contributed by atoms with van der Waals surface area (Å²) in [7, 11) is 0. The lowest BCUT2D eigenvalue weighted by molar-refractivity contribution is -0.118. The van der Waals surface area contributed by atoms with Gasteiger partial charge in [-0.15, -0.1) is 16.9 Å². The average molecular weight is 400 g/mol. The van der Waals surface area contributed by atoms with E-state index in [0.717, 1.165) is 42.7 Å². The van der Waals surface area contributed by atoms with Crippen molar-refractivity contribution in [1.29, 1.82) is 0 Å². The molecule has 1 aliphatic carbocycles. The van der Waals surface area contributed by atoms with E-state index in [1.54, 1.807) is 11.8 Å². The third-order valence-electron chi connectivity index (χ3n) is 5.12. The van der Waals surface area contributed by atoms with Crippen LogP contribution in [0.5, 0.6) is 0 Å². The van der Waals surface area contributed by atoms with Gasteiger partial charge in [0.05, 0.1) is 34.9 Å². The molecule has 0 spiro atoms. The summed E-state index contributed by atoms with van der Waals surface area (Å²) in [6, 6.07) is 8.51. The lowest BCUT2D eigenvalue weighted by Gasteiger charge is -2.11. The second kappa shape index (κ2) is 9.18. The SMILES string of the molecule is O=C(CSCc1nnnn1C1CCCC1)NCCCn1cnc2ccccc21. The van der Waals surface area contributed by atoms with Crippen LogP contribution in [0.1, 0.15) is 44.0 Å². The van der Waals surface area contributed by atoms with Gasteiger partial charge in [0.25, 0.3) is 0 Å². The van der Waals surface area contributed by atoms with E-state index in [1.165, 1.54) is 12.8 Å². The minimum absolute atomic E-state index is 0.0559. The monoisotopic (exact) mass is 399 g/mol. The summed E-state index contributed by atoms with van der Waals surface area (Å²) in [5, 5.41) is 15.1. The molecule has 2 aromatic heterocycles. The lowest BCUT2D eigenvalue weighted by atomic mass is 10.2. The molecule has 9 heteroatoms. The van der Waals surface area contributed by atoms with E-state index in [4.69, 9.17) is 0 Å². The molecular formula is C19H25N7OS. The summed E-state index contributed by atoms with van der Waals surface area (Å²) >= 11 is 1.56. The molecule has 1 N–H and O–H groups in total. The zero-order chi connectivity index (χ0) is 19.2. The summed E-state index contributed by atoms with van der Waals surface area (Å²) < 4.78 is 4.08. The Bertz CT molecular complexity index is 916. The maximum absolute atomic E-state index is 12.1. The standard InChI is InChI=1S/C19H25N7OS/c27-19(13-28-12-18-22-23-24-26(18)15-6-1-2-7-15)20-10-5-11-25-14-21-16-8-3-4-9-17(16)25/h3-4,8-9,14-15H,1-2,5-7,10-13H2,(H,20,27). The predicted molar refractivity (Wildman–Crippen MR) is 109 cm³/mol. The Morgan fingerprint density at radius 2 is 2.11 bits per heavy atom. The zero-order valence-electron chi connectivity index (χ0n) is 15.8. The highest BCUT2D eigenvalue weighted by molar-refractivity contribution is 7.99. The van der Waals surface area contributed by atoms with Crippen molar-refractivity contribution in [2.24, 2.45) is 0 Å². The first-order valence-corrected chi connectivity index (χ1v) is 11.0. The normalized spacial score (nSPS) is 14.7. The van der Waals surface area contributed by atoms with Crippen LogP contribution in [-0.2, 0) is 17.1 Å². The first-order chi connectivity index (χ1) is 13.8. The van der Waals surface area contributed by atoms with Gasteiger partial charge in [-0.3, -0.25) is 4.79 Å². The number of carbonyl (C=O) groups is 1.